The highest BCUT2D eigenvalue weighted by atomic mass is 16.5. The maximum absolute atomic E-state index is 13.4. The Bertz CT molecular complexity index is 1290. The van der Waals surface area contributed by atoms with Crippen molar-refractivity contribution in [2.75, 3.05) is 11.9 Å². The molecule has 5 heterocycles. The molecule has 7 nitrogen and oxygen atoms in total. The third kappa shape index (κ3) is 1.92. The molecule has 1 aromatic heterocycles. The Kier molecular flexibility index (Phi) is 3.14. The Morgan fingerprint density at radius 1 is 1.17 bits per heavy atom. The standard InChI is InChI=1S/C22H18N4O3/c1-2-29-19-16-11-22(13-8-4-6-10-15(13)24-21(22)28)17(25-19)18-23-14-9-5-3-7-12(14)20(27)26(16)18/h3-10,16-17H,2,11H2,1H3,(H,24,28)/t16-,17+,22-/m1/s1. The van der Waals surface area contributed by atoms with Crippen LogP contribution in [0.25, 0.3) is 10.9 Å². The lowest BCUT2D eigenvalue weighted by molar-refractivity contribution is -0.123. The maximum atomic E-state index is 13.4. The van der Waals surface area contributed by atoms with Gasteiger partial charge >= 0.3 is 0 Å². The minimum absolute atomic E-state index is 0.0957. The van der Waals surface area contributed by atoms with Gasteiger partial charge in [-0.05, 0) is 37.1 Å². The quantitative estimate of drug-likeness (QED) is 0.697. The fourth-order valence-electron chi connectivity index (χ4n) is 5.06. The lowest BCUT2D eigenvalue weighted by Crippen LogP contribution is -2.55. The maximum Gasteiger partial charge on any atom is 0.262 e. The molecule has 3 aromatic rings. The lowest BCUT2D eigenvalue weighted by Gasteiger charge is -2.46. The molecule has 1 N–H and O–H groups in total. The van der Waals surface area contributed by atoms with Crippen LogP contribution in [0.3, 0.4) is 0 Å². The van der Waals surface area contributed by atoms with Crippen LogP contribution in [-0.4, -0.2) is 28.0 Å². The van der Waals surface area contributed by atoms with Gasteiger partial charge in [-0.3, -0.25) is 14.2 Å². The summed E-state index contributed by atoms with van der Waals surface area (Å²) >= 11 is 0. The van der Waals surface area contributed by atoms with E-state index in [4.69, 9.17) is 14.7 Å². The van der Waals surface area contributed by atoms with Gasteiger partial charge in [0.05, 0.1) is 17.5 Å². The second kappa shape index (κ2) is 5.53. The third-order valence-electron chi connectivity index (χ3n) is 6.27. The number of fused-ring (bicyclic) bond motifs is 2. The Morgan fingerprint density at radius 2 is 1.97 bits per heavy atom. The first-order valence-electron chi connectivity index (χ1n) is 9.78. The number of aromatic nitrogens is 2. The molecule has 7 heteroatoms. The van der Waals surface area contributed by atoms with Gasteiger partial charge < -0.3 is 10.1 Å². The largest absolute Gasteiger partial charge is 0.480 e. The van der Waals surface area contributed by atoms with Crippen LogP contribution in [0.2, 0.25) is 0 Å². The summed E-state index contributed by atoms with van der Waals surface area (Å²) in [5.74, 6) is 0.939. The molecule has 4 aliphatic heterocycles. The minimum Gasteiger partial charge on any atom is -0.480 e. The van der Waals surface area contributed by atoms with Gasteiger partial charge in [0.25, 0.3) is 5.56 Å². The summed E-state index contributed by atoms with van der Waals surface area (Å²) in [4.78, 5) is 36.3. The van der Waals surface area contributed by atoms with Crippen LogP contribution in [0.5, 0.6) is 0 Å². The minimum atomic E-state index is -0.885. The van der Waals surface area contributed by atoms with Gasteiger partial charge in [0.15, 0.2) is 0 Å². The van der Waals surface area contributed by atoms with Gasteiger partial charge in [-0.15, -0.1) is 0 Å². The molecule has 2 bridgehead atoms. The molecule has 144 valence electrons. The van der Waals surface area contributed by atoms with Crippen LogP contribution >= 0.6 is 0 Å². The van der Waals surface area contributed by atoms with Crippen LogP contribution in [0.1, 0.15) is 36.8 Å². The summed E-state index contributed by atoms with van der Waals surface area (Å²) in [5, 5.41) is 3.57. The zero-order valence-electron chi connectivity index (χ0n) is 15.8. The summed E-state index contributed by atoms with van der Waals surface area (Å²) < 4.78 is 7.48. The fraction of sp³-hybridized carbons (Fsp3) is 0.273. The number of anilines is 1. The number of nitrogens with zero attached hydrogens (tertiary/aromatic N) is 3. The molecule has 2 aromatic carbocycles. The van der Waals surface area contributed by atoms with E-state index in [0.29, 0.717) is 35.7 Å². The van der Waals surface area contributed by atoms with Gasteiger partial charge in [0.1, 0.15) is 23.3 Å². The van der Waals surface area contributed by atoms with Gasteiger partial charge in [-0.2, -0.15) is 0 Å². The first-order valence-corrected chi connectivity index (χ1v) is 9.78. The Hall–Kier alpha value is -3.48. The van der Waals surface area contributed by atoms with Crippen molar-refractivity contribution in [1.82, 2.24) is 9.55 Å². The molecule has 3 atom stereocenters. The van der Waals surface area contributed by atoms with E-state index in [1.54, 1.807) is 10.6 Å². The molecule has 0 radical (unpaired) electrons. The monoisotopic (exact) mass is 386 g/mol. The zero-order valence-corrected chi connectivity index (χ0v) is 15.8. The highest BCUT2D eigenvalue weighted by Gasteiger charge is 2.62. The summed E-state index contributed by atoms with van der Waals surface area (Å²) in [7, 11) is 0. The van der Waals surface area contributed by atoms with E-state index in [2.05, 4.69) is 5.32 Å². The summed E-state index contributed by atoms with van der Waals surface area (Å²) in [6.07, 6.45) is 0.423. The summed E-state index contributed by atoms with van der Waals surface area (Å²) in [6, 6.07) is 13.9. The molecule has 4 aliphatic rings. The number of rotatable bonds is 1. The van der Waals surface area contributed by atoms with E-state index in [1.807, 2.05) is 49.4 Å². The molecule has 0 saturated carbocycles. The number of aliphatic imine (C=N–C) groups is 1. The Labute approximate surface area is 166 Å². The topological polar surface area (TPSA) is 85.6 Å². The lowest BCUT2D eigenvalue weighted by atomic mass is 9.66. The van der Waals surface area contributed by atoms with Crippen molar-refractivity contribution in [3.63, 3.8) is 0 Å². The van der Waals surface area contributed by atoms with Gasteiger partial charge in [-0.25, -0.2) is 9.98 Å². The molecule has 1 spiro atoms. The number of hydrogen-bond acceptors (Lipinski definition) is 5. The first kappa shape index (κ1) is 16.5. The number of carbonyl (C=O) groups excluding carboxylic acids is 1. The van der Waals surface area contributed by atoms with E-state index < -0.39 is 17.5 Å². The Balaban J connectivity index is 1.68. The SMILES string of the molecule is CCOC1=N[C@H]2c3nc4ccccc4c(=O)n3[C@@H]1C[C@]21C(=O)Nc2ccccc21. The van der Waals surface area contributed by atoms with Gasteiger partial charge in [-0.1, -0.05) is 30.3 Å². The molecular weight excluding hydrogens is 368 g/mol. The predicted molar refractivity (Wildman–Crippen MR) is 108 cm³/mol. The van der Waals surface area contributed by atoms with Gasteiger partial charge in [0, 0.05) is 5.69 Å². The van der Waals surface area contributed by atoms with Crippen LogP contribution in [0.15, 0.2) is 58.3 Å². The van der Waals surface area contributed by atoms with Crippen molar-refractivity contribution in [2.45, 2.75) is 30.8 Å². The van der Waals surface area contributed by atoms with E-state index >= 15 is 0 Å². The molecular formula is C22H18N4O3. The third-order valence-corrected chi connectivity index (χ3v) is 6.27. The van der Waals surface area contributed by atoms with Crippen LogP contribution in [0, 0.1) is 0 Å². The molecule has 7 rings (SSSR count). The van der Waals surface area contributed by atoms with Crippen LogP contribution in [0.4, 0.5) is 5.69 Å². The van der Waals surface area contributed by atoms with Crippen molar-refractivity contribution in [3.8, 4) is 0 Å². The van der Waals surface area contributed by atoms with E-state index in [-0.39, 0.29) is 11.5 Å². The van der Waals surface area contributed by atoms with Crippen molar-refractivity contribution >= 4 is 28.4 Å². The predicted octanol–water partition coefficient (Wildman–Crippen LogP) is 2.72. The number of carbonyl (C=O) groups is 1. The summed E-state index contributed by atoms with van der Waals surface area (Å²) in [5.41, 5.74) is 1.32. The fourth-order valence-corrected chi connectivity index (χ4v) is 5.06. The van der Waals surface area contributed by atoms with Crippen molar-refractivity contribution in [1.29, 1.82) is 0 Å². The molecule has 29 heavy (non-hydrogen) atoms. The molecule has 0 aliphatic carbocycles. The van der Waals surface area contributed by atoms with Crippen molar-refractivity contribution in [2.24, 2.45) is 4.99 Å². The smallest absolute Gasteiger partial charge is 0.262 e. The van der Waals surface area contributed by atoms with Crippen molar-refractivity contribution < 1.29 is 9.53 Å². The normalized spacial score (nSPS) is 26.2. The zero-order chi connectivity index (χ0) is 19.8. The highest BCUT2D eigenvalue weighted by molar-refractivity contribution is 6.08. The number of benzene rings is 2. The highest BCUT2D eigenvalue weighted by Crippen LogP contribution is 2.57. The number of nitrogens with one attached hydrogen (secondary N) is 1. The van der Waals surface area contributed by atoms with Crippen LogP contribution < -0.4 is 10.9 Å². The summed E-state index contributed by atoms with van der Waals surface area (Å²) in [6.45, 7) is 2.34. The van der Waals surface area contributed by atoms with Crippen molar-refractivity contribution in [3.05, 3.63) is 70.3 Å². The molecule has 1 amide bonds. The molecule has 0 saturated heterocycles. The second-order valence-corrected chi connectivity index (χ2v) is 7.66. The Morgan fingerprint density at radius 3 is 2.83 bits per heavy atom. The number of para-hydroxylation sites is 2. The van der Waals surface area contributed by atoms with Crippen LogP contribution in [-0.2, 0) is 14.9 Å². The average molecular weight is 386 g/mol. The van der Waals surface area contributed by atoms with E-state index in [1.165, 1.54) is 0 Å². The molecule has 0 unspecified atom stereocenters. The second-order valence-electron chi connectivity index (χ2n) is 7.66. The number of ether oxygens (including phenoxy) is 1. The number of amides is 1. The first-order chi connectivity index (χ1) is 14.1. The number of hydrogen-bond donors (Lipinski definition) is 1. The van der Waals surface area contributed by atoms with Gasteiger partial charge in [0.2, 0.25) is 11.8 Å². The molecule has 0 fully saturated rings. The van der Waals surface area contributed by atoms with E-state index in [0.717, 1.165) is 11.3 Å². The van der Waals surface area contributed by atoms with E-state index in [9.17, 15) is 9.59 Å². The average Bonchev–Trinajstić information content (AvgIpc) is 3.01.